The van der Waals surface area contributed by atoms with E-state index >= 15 is 0 Å². The van der Waals surface area contributed by atoms with Crippen LogP contribution in [-0.2, 0) is 0 Å². The maximum absolute atomic E-state index is 13.9. The van der Waals surface area contributed by atoms with Gasteiger partial charge in [0.05, 0.1) is 18.1 Å². The Morgan fingerprint density at radius 3 is 2.85 bits per heavy atom. The fourth-order valence-corrected chi connectivity index (χ4v) is 2.82. The molecule has 4 heteroatoms. The summed E-state index contributed by atoms with van der Waals surface area (Å²) in [5.41, 5.74) is 0.973. The lowest BCUT2D eigenvalue weighted by molar-refractivity contribution is 0.0929. The van der Waals surface area contributed by atoms with Gasteiger partial charge in [0.25, 0.3) is 0 Å². The number of carbonyl (C=O) groups excluding carboxylic acids is 1. The summed E-state index contributed by atoms with van der Waals surface area (Å²) in [7, 11) is 0. The number of hydrogen-bond donors (Lipinski definition) is 0. The molecule has 0 N–H and O–H groups in total. The summed E-state index contributed by atoms with van der Waals surface area (Å²) in [5, 5.41) is 0. The van der Waals surface area contributed by atoms with Crippen molar-refractivity contribution in [2.75, 3.05) is 6.61 Å². The van der Waals surface area contributed by atoms with Crippen LogP contribution in [0.5, 0.6) is 5.75 Å². The first-order chi connectivity index (χ1) is 9.66. The van der Waals surface area contributed by atoms with Crippen molar-refractivity contribution in [3.63, 3.8) is 0 Å². The van der Waals surface area contributed by atoms with Crippen LogP contribution in [0.3, 0.4) is 0 Å². The zero-order chi connectivity index (χ0) is 14.1. The van der Waals surface area contributed by atoms with Gasteiger partial charge in [0, 0.05) is 10.0 Å². The van der Waals surface area contributed by atoms with Crippen LogP contribution in [0, 0.1) is 5.82 Å². The summed E-state index contributed by atoms with van der Waals surface area (Å²) in [6, 6.07) is 12.0. The molecule has 2 nitrogen and oxygen atoms in total. The largest absolute Gasteiger partial charge is 0.493 e. The molecule has 0 aromatic heterocycles. The molecule has 0 aliphatic carbocycles. The number of para-hydroxylation sites is 1. The Morgan fingerprint density at radius 1 is 1.25 bits per heavy atom. The second kappa shape index (κ2) is 5.37. The molecule has 0 saturated carbocycles. The molecule has 1 aliphatic rings. The van der Waals surface area contributed by atoms with E-state index in [0.717, 1.165) is 11.3 Å². The molecule has 1 unspecified atom stereocenters. The van der Waals surface area contributed by atoms with Gasteiger partial charge in [0.15, 0.2) is 5.78 Å². The highest BCUT2D eigenvalue weighted by Gasteiger charge is 2.29. The van der Waals surface area contributed by atoms with Gasteiger partial charge in [-0.1, -0.05) is 34.1 Å². The second-order valence-corrected chi connectivity index (χ2v) is 5.63. The smallest absolute Gasteiger partial charge is 0.173 e. The molecule has 0 saturated heterocycles. The number of carbonyl (C=O) groups is 1. The maximum atomic E-state index is 13.9. The van der Waals surface area contributed by atoms with Crippen molar-refractivity contribution in [2.45, 2.75) is 12.3 Å². The minimum atomic E-state index is -0.492. The lowest BCUT2D eigenvalue weighted by Crippen LogP contribution is -2.22. The lowest BCUT2D eigenvalue weighted by Gasteiger charge is -2.25. The summed E-state index contributed by atoms with van der Waals surface area (Å²) in [6.45, 7) is 0.478. The summed E-state index contributed by atoms with van der Waals surface area (Å²) in [4.78, 5) is 12.6. The quantitative estimate of drug-likeness (QED) is 0.764. The van der Waals surface area contributed by atoms with Gasteiger partial charge in [-0.15, -0.1) is 0 Å². The highest BCUT2D eigenvalue weighted by molar-refractivity contribution is 9.10. The summed E-state index contributed by atoms with van der Waals surface area (Å²) in [6.07, 6.45) is 0.575. The van der Waals surface area contributed by atoms with Crippen molar-refractivity contribution in [3.05, 3.63) is 63.9 Å². The van der Waals surface area contributed by atoms with Crippen molar-refractivity contribution in [1.82, 2.24) is 0 Å². The first-order valence-corrected chi connectivity index (χ1v) is 7.17. The van der Waals surface area contributed by atoms with E-state index in [1.165, 1.54) is 12.1 Å². The first-order valence-electron chi connectivity index (χ1n) is 6.38. The third-order valence-electron chi connectivity index (χ3n) is 3.47. The molecular formula is C16H12BrFO2. The van der Waals surface area contributed by atoms with Crippen LogP contribution in [0.25, 0.3) is 0 Å². The van der Waals surface area contributed by atoms with Crippen LogP contribution in [0.4, 0.5) is 4.39 Å². The summed E-state index contributed by atoms with van der Waals surface area (Å²) < 4.78 is 20.1. The average Bonchev–Trinajstić information content (AvgIpc) is 2.46. The lowest BCUT2D eigenvalue weighted by atomic mass is 9.86. The predicted octanol–water partition coefficient (Wildman–Crippen LogP) is 4.34. The number of ether oxygens (including phenoxy) is 1. The first kappa shape index (κ1) is 13.3. The zero-order valence-corrected chi connectivity index (χ0v) is 12.2. The molecule has 0 amide bonds. The molecule has 0 bridgehead atoms. The number of benzene rings is 2. The molecule has 1 heterocycles. The predicted molar refractivity (Wildman–Crippen MR) is 77.7 cm³/mol. The van der Waals surface area contributed by atoms with Crippen molar-refractivity contribution in [2.24, 2.45) is 0 Å². The standard InChI is InChI=1S/C16H12BrFO2/c17-10-5-6-13(14(18)9-10)16(19)12-7-8-20-15-4-2-1-3-11(12)15/h1-6,9,12H,7-8H2. The fraction of sp³-hybridized carbons (Fsp3) is 0.188. The Morgan fingerprint density at radius 2 is 2.05 bits per heavy atom. The van der Waals surface area contributed by atoms with E-state index in [1.807, 2.05) is 24.3 Å². The number of fused-ring (bicyclic) bond motifs is 1. The Kier molecular flexibility index (Phi) is 3.57. The van der Waals surface area contributed by atoms with Gasteiger partial charge < -0.3 is 4.74 Å². The van der Waals surface area contributed by atoms with Gasteiger partial charge in [0.2, 0.25) is 0 Å². The van der Waals surface area contributed by atoms with Gasteiger partial charge in [-0.3, -0.25) is 4.79 Å². The van der Waals surface area contributed by atoms with Crippen LogP contribution in [-0.4, -0.2) is 12.4 Å². The zero-order valence-electron chi connectivity index (χ0n) is 10.6. The van der Waals surface area contributed by atoms with Crippen molar-refractivity contribution >= 4 is 21.7 Å². The molecule has 20 heavy (non-hydrogen) atoms. The Hall–Kier alpha value is -1.68. The average molecular weight is 335 g/mol. The second-order valence-electron chi connectivity index (χ2n) is 4.72. The molecule has 1 atom stereocenters. The number of Topliss-reactive ketones (excluding diaryl/α,β-unsaturated/α-hetero) is 1. The molecule has 0 fully saturated rings. The molecule has 0 radical (unpaired) electrons. The molecule has 2 aromatic rings. The van der Waals surface area contributed by atoms with Crippen LogP contribution in [0.1, 0.15) is 28.3 Å². The highest BCUT2D eigenvalue weighted by Crippen LogP contribution is 2.36. The van der Waals surface area contributed by atoms with Crippen molar-refractivity contribution in [3.8, 4) is 5.75 Å². The third-order valence-corrected chi connectivity index (χ3v) is 3.96. The van der Waals surface area contributed by atoms with Gasteiger partial charge in [0.1, 0.15) is 11.6 Å². The van der Waals surface area contributed by atoms with Crippen molar-refractivity contribution < 1.29 is 13.9 Å². The summed E-state index contributed by atoms with van der Waals surface area (Å²) in [5.74, 6) is -0.302. The number of halogens is 2. The minimum Gasteiger partial charge on any atom is -0.493 e. The van der Waals surface area contributed by atoms with Crippen molar-refractivity contribution in [1.29, 1.82) is 0 Å². The molecule has 2 aromatic carbocycles. The molecule has 1 aliphatic heterocycles. The van der Waals surface area contributed by atoms with Crippen LogP contribution >= 0.6 is 15.9 Å². The van der Waals surface area contributed by atoms with E-state index in [4.69, 9.17) is 4.74 Å². The van der Waals surface area contributed by atoms with Gasteiger partial charge in [-0.25, -0.2) is 4.39 Å². The maximum Gasteiger partial charge on any atom is 0.173 e. The Balaban J connectivity index is 2.00. The fourth-order valence-electron chi connectivity index (χ4n) is 2.49. The molecule has 3 rings (SSSR count). The number of hydrogen-bond acceptors (Lipinski definition) is 2. The van der Waals surface area contributed by atoms with E-state index < -0.39 is 5.82 Å². The van der Waals surface area contributed by atoms with Gasteiger partial charge >= 0.3 is 0 Å². The third kappa shape index (κ3) is 2.36. The Labute approximate surface area is 124 Å². The molecule has 102 valence electrons. The Bertz CT molecular complexity index is 669. The van der Waals surface area contributed by atoms with E-state index in [1.54, 1.807) is 6.07 Å². The van der Waals surface area contributed by atoms with Crippen LogP contribution in [0.2, 0.25) is 0 Å². The topological polar surface area (TPSA) is 26.3 Å². The number of ketones is 1. The number of rotatable bonds is 2. The normalized spacial score (nSPS) is 17.2. The minimum absolute atomic E-state index is 0.134. The van der Waals surface area contributed by atoms with E-state index in [-0.39, 0.29) is 17.3 Å². The monoisotopic (exact) mass is 334 g/mol. The SMILES string of the molecule is O=C(c1ccc(Br)cc1F)C1CCOc2ccccc21. The molecule has 0 spiro atoms. The van der Waals surface area contributed by atoms with E-state index in [0.29, 0.717) is 17.5 Å². The van der Waals surface area contributed by atoms with Crippen LogP contribution in [0.15, 0.2) is 46.9 Å². The molecular weight excluding hydrogens is 323 g/mol. The van der Waals surface area contributed by atoms with Gasteiger partial charge in [-0.2, -0.15) is 0 Å². The van der Waals surface area contributed by atoms with E-state index in [9.17, 15) is 9.18 Å². The van der Waals surface area contributed by atoms with Gasteiger partial charge in [-0.05, 0) is 30.7 Å². The van der Waals surface area contributed by atoms with E-state index in [2.05, 4.69) is 15.9 Å². The highest BCUT2D eigenvalue weighted by atomic mass is 79.9. The summed E-state index contributed by atoms with van der Waals surface area (Å²) >= 11 is 3.20. The van der Waals surface area contributed by atoms with Crippen LogP contribution < -0.4 is 4.74 Å².